The molecule has 0 amide bonds. The molecule has 0 saturated heterocycles. The van der Waals surface area contributed by atoms with Crippen molar-refractivity contribution in [3.63, 3.8) is 0 Å². The number of esters is 1. The Morgan fingerprint density at radius 1 is 1.40 bits per heavy atom. The van der Waals surface area contributed by atoms with Gasteiger partial charge in [-0.1, -0.05) is 0 Å². The van der Waals surface area contributed by atoms with Crippen LogP contribution in [0.1, 0.15) is 40.0 Å². The lowest BCUT2D eigenvalue weighted by molar-refractivity contribution is -0.155. The van der Waals surface area contributed by atoms with Crippen LogP contribution in [0.4, 0.5) is 0 Å². The predicted octanol–water partition coefficient (Wildman–Crippen LogP) is 0.910. The maximum absolute atomic E-state index is 11.2. The van der Waals surface area contributed by atoms with Crippen molar-refractivity contribution < 1.29 is 19.4 Å². The average molecular weight is 217 g/mol. The van der Waals surface area contributed by atoms with Crippen molar-refractivity contribution in [2.45, 2.75) is 51.7 Å². The highest BCUT2D eigenvalue weighted by molar-refractivity contribution is 5.70. The minimum atomic E-state index is -0.952. The van der Waals surface area contributed by atoms with E-state index in [0.29, 0.717) is 6.42 Å². The number of carboxylic acid groups (broad SMARTS) is 1. The SMILES string of the molecule is CC(C)(C)OC(=O)CC[C@H](N)CC(=O)O. The second-order valence-corrected chi connectivity index (χ2v) is 4.48. The molecule has 0 aliphatic rings. The molecule has 5 heteroatoms. The van der Waals surface area contributed by atoms with Crippen LogP contribution >= 0.6 is 0 Å². The number of hydrogen-bond donors (Lipinski definition) is 2. The molecule has 0 aromatic carbocycles. The minimum Gasteiger partial charge on any atom is -0.481 e. The third-order valence-electron chi connectivity index (χ3n) is 1.58. The van der Waals surface area contributed by atoms with E-state index in [1.165, 1.54) is 0 Å². The minimum absolute atomic E-state index is 0.122. The molecule has 3 N–H and O–H groups in total. The van der Waals surface area contributed by atoms with Crippen LogP contribution in [0.3, 0.4) is 0 Å². The second kappa shape index (κ2) is 5.70. The molecule has 0 bridgehead atoms. The Balaban J connectivity index is 3.76. The highest BCUT2D eigenvalue weighted by Crippen LogP contribution is 2.10. The number of carboxylic acids is 1. The highest BCUT2D eigenvalue weighted by Gasteiger charge is 2.17. The van der Waals surface area contributed by atoms with Gasteiger partial charge in [0.05, 0.1) is 6.42 Å². The number of rotatable bonds is 5. The van der Waals surface area contributed by atoms with E-state index in [9.17, 15) is 9.59 Å². The second-order valence-electron chi connectivity index (χ2n) is 4.48. The third kappa shape index (κ3) is 9.21. The zero-order valence-electron chi connectivity index (χ0n) is 9.45. The van der Waals surface area contributed by atoms with Gasteiger partial charge >= 0.3 is 11.9 Å². The maximum Gasteiger partial charge on any atom is 0.306 e. The number of nitrogens with two attached hydrogens (primary N) is 1. The van der Waals surface area contributed by atoms with Gasteiger partial charge in [-0.15, -0.1) is 0 Å². The van der Waals surface area contributed by atoms with E-state index < -0.39 is 17.6 Å². The summed E-state index contributed by atoms with van der Waals surface area (Å²) in [5.41, 5.74) is 4.99. The van der Waals surface area contributed by atoms with Gasteiger partial charge in [-0.25, -0.2) is 0 Å². The van der Waals surface area contributed by atoms with Gasteiger partial charge in [0.25, 0.3) is 0 Å². The Morgan fingerprint density at radius 3 is 2.33 bits per heavy atom. The number of aliphatic carboxylic acids is 1. The van der Waals surface area contributed by atoms with Crippen molar-refractivity contribution in [2.24, 2.45) is 5.73 Å². The van der Waals surface area contributed by atoms with Crippen LogP contribution in [0.25, 0.3) is 0 Å². The van der Waals surface area contributed by atoms with Crippen molar-refractivity contribution >= 4 is 11.9 Å². The molecule has 0 fully saturated rings. The molecule has 0 radical (unpaired) electrons. The van der Waals surface area contributed by atoms with E-state index in [1.807, 2.05) is 0 Å². The summed E-state index contributed by atoms with van der Waals surface area (Å²) in [4.78, 5) is 21.5. The molecule has 0 saturated carbocycles. The average Bonchev–Trinajstić information content (AvgIpc) is 1.96. The van der Waals surface area contributed by atoms with Gasteiger partial charge in [0.15, 0.2) is 0 Å². The van der Waals surface area contributed by atoms with Gasteiger partial charge in [0, 0.05) is 12.5 Å². The van der Waals surface area contributed by atoms with E-state index in [4.69, 9.17) is 15.6 Å². The van der Waals surface area contributed by atoms with Crippen molar-refractivity contribution in [3.8, 4) is 0 Å². The normalized spacial score (nSPS) is 13.3. The smallest absolute Gasteiger partial charge is 0.306 e. The molecule has 0 rings (SSSR count). The van der Waals surface area contributed by atoms with Gasteiger partial charge in [0.1, 0.15) is 5.60 Å². The van der Waals surface area contributed by atoms with Crippen molar-refractivity contribution in [1.82, 2.24) is 0 Å². The summed E-state index contributed by atoms with van der Waals surface area (Å²) in [5, 5.41) is 8.44. The van der Waals surface area contributed by atoms with Crippen LogP contribution in [0.5, 0.6) is 0 Å². The molecule has 5 nitrogen and oxygen atoms in total. The fraction of sp³-hybridized carbons (Fsp3) is 0.800. The number of ether oxygens (including phenoxy) is 1. The van der Waals surface area contributed by atoms with E-state index in [-0.39, 0.29) is 18.8 Å². The molecule has 0 aromatic rings. The lowest BCUT2D eigenvalue weighted by atomic mass is 10.1. The van der Waals surface area contributed by atoms with Crippen LogP contribution in [-0.4, -0.2) is 28.7 Å². The summed E-state index contributed by atoms with van der Waals surface area (Å²) in [6, 6.07) is -0.491. The largest absolute Gasteiger partial charge is 0.481 e. The third-order valence-corrected chi connectivity index (χ3v) is 1.58. The Labute approximate surface area is 89.6 Å². The molecular weight excluding hydrogens is 198 g/mol. The molecule has 0 spiro atoms. The summed E-state index contributed by atoms with van der Waals surface area (Å²) >= 11 is 0. The zero-order valence-corrected chi connectivity index (χ0v) is 9.45. The van der Waals surface area contributed by atoms with Gasteiger partial charge in [-0.3, -0.25) is 9.59 Å². The first kappa shape index (κ1) is 13.9. The topological polar surface area (TPSA) is 89.6 Å². The first-order valence-electron chi connectivity index (χ1n) is 4.90. The standard InChI is InChI=1S/C10H19NO4/c1-10(2,3)15-9(14)5-4-7(11)6-8(12)13/h7H,4-6,11H2,1-3H3,(H,12,13)/t7-/m0/s1. The lowest BCUT2D eigenvalue weighted by Crippen LogP contribution is -2.27. The molecule has 0 aliphatic carbocycles. The summed E-state index contributed by atoms with van der Waals surface area (Å²) in [6.45, 7) is 5.34. The van der Waals surface area contributed by atoms with Crippen LogP contribution in [0.2, 0.25) is 0 Å². The fourth-order valence-electron chi connectivity index (χ4n) is 1.02. The van der Waals surface area contributed by atoms with Crippen LogP contribution in [0.15, 0.2) is 0 Å². The monoisotopic (exact) mass is 217 g/mol. The van der Waals surface area contributed by atoms with Gasteiger partial charge in [0.2, 0.25) is 0 Å². The molecule has 15 heavy (non-hydrogen) atoms. The first-order chi connectivity index (χ1) is 6.70. The molecular formula is C10H19NO4. The molecule has 0 unspecified atom stereocenters. The van der Waals surface area contributed by atoms with Gasteiger partial charge in [-0.05, 0) is 27.2 Å². The maximum atomic E-state index is 11.2. The lowest BCUT2D eigenvalue weighted by Gasteiger charge is -2.19. The Bertz CT molecular complexity index is 232. The number of carbonyl (C=O) groups is 2. The van der Waals surface area contributed by atoms with E-state index in [1.54, 1.807) is 20.8 Å². The Hall–Kier alpha value is -1.10. The summed E-state index contributed by atoms with van der Waals surface area (Å²) < 4.78 is 5.05. The van der Waals surface area contributed by atoms with E-state index >= 15 is 0 Å². The summed E-state index contributed by atoms with van der Waals surface area (Å²) in [6.07, 6.45) is 0.371. The van der Waals surface area contributed by atoms with E-state index in [0.717, 1.165) is 0 Å². The predicted molar refractivity (Wildman–Crippen MR) is 55.3 cm³/mol. The Kier molecular flexibility index (Phi) is 5.28. The van der Waals surface area contributed by atoms with Gasteiger partial charge in [-0.2, -0.15) is 0 Å². The number of hydrogen-bond acceptors (Lipinski definition) is 4. The summed E-state index contributed by atoms with van der Waals surface area (Å²) in [7, 11) is 0. The highest BCUT2D eigenvalue weighted by atomic mass is 16.6. The fourth-order valence-corrected chi connectivity index (χ4v) is 1.02. The van der Waals surface area contributed by atoms with Crippen LogP contribution in [-0.2, 0) is 14.3 Å². The van der Waals surface area contributed by atoms with Crippen LogP contribution < -0.4 is 5.73 Å². The van der Waals surface area contributed by atoms with Crippen molar-refractivity contribution in [2.75, 3.05) is 0 Å². The first-order valence-corrected chi connectivity index (χ1v) is 4.90. The van der Waals surface area contributed by atoms with E-state index in [2.05, 4.69) is 0 Å². The molecule has 0 heterocycles. The summed E-state index contributed by atoms with van der Waals surface area (Å²) in [5.74, 6) is -1.30. The molecule has 1 atom stereocenters. The zero-order chi connectivity index (χ0) is 12.1. The molecule has 0 aromatic heterocycles. The molecule has 0 aliphatic heterocycles. The van der Waals surface area contributed by atoms with Crippen molar-refractivity contribution in [1.29, 1.82) is 0 Å². The Morgan fingerprint density at radius 2 is 1.93 bits per heavy atom. The quantitative estimate of drug-likeness (QED) is 0.668. The van der Waals surface area contributed by atoms with Crippen molar-refractivity contribution in [3.05, 3.63) is 0 Å². The number of carbonyl (C=O) groups excluding carboxylic acids is 1. The van der Waals surface area contributed by atoms with Gasteiger partial charge < -0.3 is 15.6 Å². The van der Waals surface area contributed by atoms with Crippen LogP contribution in [0, 0.1) is 0 Å². The molecule has 88 valence electrons.